The molecule has 0 fully saturated rings. The predicted octanol–water partition coefficient (Wildman–Crippen LogP) is 8.37. The van der Waals surface area contributed by atoms with Crippen LogP contribution < -0.4 is 0 Å². The smallest absolute Gasteiger partial charge is 0.0547 e. The Bertz CT molecular complexity index is 1530. The van der Waals surface area contributed by atoms with Crippen LogP contribution in [0.4, 0.5) is 0 Å². The lowest BCUT2D eigenvalue weighted by atomic mass is 10.0. The summed E-state index contributed by atoms with van der Waals surface area (Å²) in [6, 6.07) is 39.2. The third-order valence-electron chi connectivity index (χ3n) is 5.82. The molecule has 0 spiro atoms. The van der Waals surface area contributed by atoms with Crippen molar-refractivity contribution in [1.29, 1.82) is 0 Å². The van der Waals surface area contributed by atoms with Crippen molar-refractivity contribution in [2.24, 2.45) is 0 Å². The number of rotatable bonds is 2. The molecular formula is C28H18BrN. The Morgan fingerprint density at radius 2 is 1.13 bits per heavy atom. The van der Waals surface area contributed by atoms with Crippen molar-refractivity contribution >= 4 is 48.5 Å². The summed E-state index contributed by atoms with van der Waals surface area (Å²) in [6.45, 7) is 0. The second-order valence-electron chi connectivity index (χ2n) is 7.63. The van der Waals surface area contributed by atoms with Gasteiger partial charge >= 0.3 is 0 Å². The van der Waals surface area contributed by atoms with Crippen LogP contribution in [-0.4, -0.2) is 4.57 Å². The van der Waals surface area contributed by atoms with Gasteiger partial charge in [-0.1, -0.05) is 76.6 Å². The summed E-state index contributed by atoms with van der Waals surface area (Å²) >= 11 is 3.54. The molecule has 0 radical (unpaired) electrons. The van der Waals surface area contributed by atoms with Gasteiger partial charge in [-0.15, -0.1) is 0 Å². The summed E-state index contributed by atoms with van der Waals surface area (Å²) in [5, 5.41) is 5.09. The monoisotopic (exact) mass is 447 g/mol. The first-order chi connectivity index (χ1) is 14.8. The highest BCUT2D eigenvalue weighted by atomic mass is 79.9. The summed E-state index contributed by atoms with van der Waals surface area (Å²) in [7, 11) is 0. The number of benzene rings is 5. The fraction of sp³-hybridized carbons (Fsp3) is 0. The van der Waals surface area contributed by atoms with Crippen LogP contribution in [0.2, 0.25) is 0 Å². The number of hydrogen-bond donors (Lipinski definition) is 0. The lowest BCUT2D eigenvalue weighted by Gasteiger charge is -2.08. The second-order valence-corrected chi connectivity index (χ2v) is 8.54. The van der Waals surface area contributed by atoms with Crippen LogP contribution in [0, 0.1) is 0 Å². The van der Waals surface area contributed by atoms with Gasteiger partial charge in [0.1, 0.15) is 0 Å². The lowest BCUT2D eigenvalue weighted by molar-refractivity contribution is 1.18. The van der Waals surface area contributed by atoms with Crippen LogP contribution in [0.25, 0.3) is 49.4 Å². The van der Waals surface area contributed by atoms with Crippen LogP contribution in [0.3, 0.4) is 0 Å². The molecule has 0 aliphatic carbocycles. The maximum absolute atomic E-state index is 3.54. The zero-order valence-electron chi connectivity index (χ0n) is 16.2. The normalized spacial score (nSPS) is 11.5. The van der Waals surface area contributed by atoms with Crippen LogP contribution in [0.15, 0.2) is 114 Å². The summed E-state index contributed by atoms with van der Waals surface area (Å²) in [4.78, 5) is 0. The molecule has 1 aromatic heterocycles. The highest BCUT2D eigenvalue weighted by Crippen LogP contribution is 2.37. The Morgan fingerprint density at radius 3 is 1.90 bits per heavy atom. The molecule has 1 heterocycles. The van der Waals surface area contributed by atoms with E-state index in [4.69, 9.17) is 0 Å². The fourth-order valence-corrected chi connectivity index (χ4v) is 4.65. The fourth-order valence-electron chi connectivity index (χ4n) is 4.38. The summed E-state index contributed by atoms with van der Waals surface area (Å²) in [5.74, 6) is 0. The second kappa shape index (κ2) is 6.86. The lowest BCUT2D eigenvalue weighted by Crippen LogP contribution is -1.93. The van der Waals surface area contributed by atoms with Crippen LogP contribution in [0.1, 0.15) is 0 Å². The molecule has 5 aromatic carbocycles. The molecule has 30 heavy (non-hydrogen) atoms. The van der Waals surface area contributed by atoms with E-state index >= 15 is 0 Å². The van der Waals surface area contributed by atoms with Crippen molar-refractivity contribution in [2.75, 3.05) is 0 Å². The van der Waals surface area contributed by atoms with Gasteiger partial charge in [-0.2, -0.15) is 0 Å². The topological polar surface area (TPSA) is 4.93 Å². The highest BCUT2D eigenvalue weighted by Gasteiger charge is 2.14. The Balaban J connectivity index is 1.72. The predicted molar refractivity (Wildman–Crippen MR) is 131 cm³/mol. The van der Waals surface area contributed by atoms with Gasteiger partial charge in [0.05, 0.1) is 11.0 Å². The number of hydrogen-bond acceptors (Lipinski definition) is 0. The molecule has 6 rings (SSSR count). The average molecular weight is 448 g/mol. The van der Waals surface area contributed by atoms with E-state index in [1.54, 1.807) is 0 Å². The summed E-state index contributed by atoms with van der Waals surface area (Å²) in [6.07, 6.45) is 0. The van der Waals surface area contributed by atoms with Gasteiger partial charge in [-0.05, 0) is 70.4 Å². The van der Waals surface area contributed by atoms with E-state index in [-0.39, 0.29) is 0 Å². The van der Waals surface area contributed by atoms with E-state index in [9.17, 15) is 0 Å². The zero-order valence-corrected chi connectivity index (χ0v) is 17.8. The van der Waals surface area contributed by atoms with E-state index in [0.717, 1.165) is 4.47 Å². The summed E-state index contributed by atoms with van der Waals surface area (Å²) in [5.41, 5.74) is 6.11. The Hall–Kier alpha value is -3.36. The number of fused-ring (bicyclic) bond motifs is 4. The van der Waals surface area contributed by atoms with Gasteiger partial charge < -0.3 is 4.57 Å². The highest BCUT2D eigenvalue weighted by molar-refractivity contribution is 9.10. The minimum atomic E-state index is 1.10. The average Bonchev–Trinajstić information content (AvgIpc) is 3.11. The van der Waals surface area contributed by atoms with Crippen LogP contribution in [-0.2, 0) is 0 Å². The Kier molecular flexibility index (Phi) is 4.00. The SMILES string of the molecule is Brc1ccc(-c2ccc3c(c2)c2cc4ccccc4cc2n3-c2ccccc2)cc1. The standard InChI is InChI=1S/C28H18BrN/c29-23-13-10-19(11-14-23)22-12-15-27-25(17-22)26-16-20-6-4-5-7-21(20)18-28(26)30(27)24-8-2-1-3-9-24/h1-18H. The number of halogens is 1. The maximum Gasteiger partial charge on any atom is 0.0547 e. The first-order valence-electron chi connectivity index (χ1n) is 10.1. The minimum absolute atomic E-state index is 1.10. The Labute approximate surface area is 183 Å². The zero-order chi connectivity index (χ0) is 20.1. The third-order valence-corrected chi connectivity index (χ3v) is 6.35. The molecule has 1 nitrogen and oxygen atoms in total. The molecule has 0 saturated heterocycles. The molecule has 0 bridgehead atoms. The van der Waals surface area contributed by atoms with E-state index < -0.39 is 0 Å². The quantitative estimate of drug-likeness (QED) is 0.251. The van der Waals surface area contributed by atoms with Crippen LogP contribution >= 0.6 is 15.9 Å². The first-order valence-corrected chi connectivity index (χ1v) is 10.9. The molecule has 0 aliphatic rings. The minimum Gasteiger partial charge on any atom is -0.309 e. The number of nitrogens with zero attached hydrogens (tertiary/aromatic N) is 1. The molecule has 0 N–H and O–H groups in total. The van der Waals surface area contributed by atoms with Crippen molar-refractivity contribution in [1.82, 2.24) is 4.57 Å². The molecule has 0 aliphatic heterocycles. The maximum atomic E-state index is 3.54. The molecule has 142 valence electrons. The van der Waals surface area contributed by atoms with E-state index in [2.05, 4.69) is 130 Å². The number of para-hydroxylation sites is 1. The van der Waals surface area contributed by atoms with E-state index in [1.807, 2.05) is 0 Å². The molecule has 6 aromatic rings. The van der Waals surface area contributed by atoms with Crippen LogP contribution in [0.5, 0.6) is 0 Å². The molecule has 2 heteroatoms. The third kappa shape index (κ3) is 2.76. The van der Waals surface area contributed by atoms with Gasteiger partial charge in [0, 0.05) is 20.9 Å². The van der Waals surface area contributed by atoms with Crippen molar-refractivity contribution < 1.29 is 0 Å². The van der Waals surface area contributed by atoms with Gasteiger partial charge in [0.25, 0.3) is 0 Å². The number of aromatic nitrogens is 1. The van der Waals surface area contributed by atoms with Crippen molar-refractivity contribution in [3.05, 3.63) is 114 Å². The Morgan fingerprint density at radius 1 is 0.500 bits per heavy atom. The van der Waals surface area contributed by atoms with Crippen molar-refractivity contribution in [3.63, 3.8) is 0 Å². The molecular weight excluding hydrogens is 430 g/mol. The molecule has 0 unspecified atom stereocenters. The van der Waals surface area contributed by atoms with E-state index in [0.29, 0.717) is 0 Å². The van der Waals surface area contributed by atoms with Gasteiger partial charge in [0.15, 0.2) is 0 Å². The summed E-state index contributed by atoms with van der Waals surface area (Å²) < 4.78 is 3.47. The molecule has 0 saturated carbocycles. The van der Waals surface area contributed by atoms with E-state index in [1.165, 1.54) is 49.4 Å². The largest absolute Gasteiger partial charge is 0.309 e. The van der Waals surface area contributed by atoms with Gasteiger partial charge in [0.2, 0.25) is 0 Å². The van der Waals surface area contributed by atoms with Gasteiger partial charge in [-0.25, -0.2) is 0 Å². The van der Waals surface area contributed by atoms with Crippen molar-refractivity contribution in [3.8, 4) is 16.8 Å². The van der Waals surface area contributed by atoms with Crippen molar-refractivity contribution in [2.45, 2.75) is 0 Å². The molecule has 0 amide bonds. The first kappa shape index (κ1) is 17.5. The van der Waals surface area contributed by atoms with Gasteiger partial charge in [-0.3, -0.25) is 0 Å². The molecule has 0 atom stereocenters.